The van der Waals surface area contributed by atoms with Crippen LogP contribution in [0.1, 0.15) is 60.1 Å². The van der Waals surface area contributed by atoms with Gasteiger partial charge < -0.3 is 17.8 Å². The smallest absolute Gasteiger partial charge is 0.339 e. The Kier molecular flexibility index (Phi) is 14.7. The van der Waals surface area contributed by atoms with Crippen LogP contribution in [-0.4, -0.2) is 31.1 Å². The predicted molar refractivity (Wildman–Crippen MR) is 232 cm³/mol. The van der Waals surface area contributed by atoms with Gasteiger partial charge in [-0.15, -0.1) is 0 Å². The highest BCUT2D eigenvalue weighted by molar-refractivity contribution is 7.87. The van der Waals surface area contributed by atoms with E-state index >= 15 is 0 Å². The number of allylic oxidation sites excluding steroid dienone is 2. The minimum Gasteiger partial charge on any atom is -0.497 e. The van der Waals surface area contributed by atoms with Crippen LogP contribution in [0.25, 0.3) is 22.7 Å². The van der Waals surface area contributed by atoms with E-state index in [1.54, 1.807) is 74.9 Å². The van der Waals surface area contributed by atoms with Gasteiger partial charge >= 0.3 is 20.2 Å². The molecule has 0 amide bonds. The fraction of sp³-hybridized carbons (Fsp3) is 0.167. The van der Waals surface area contributed by atoms with E-state index in [0.29, 0.717) is 47.0 Å². The van der Waals surface area contributed by atoms with Gasteiger partial charge in [-0.05, 0) is 86.3 Å². The van der Waals surface area contributed by atoms with E-state index in [2.05, 4.69) is 0 Å². The molecule has 0 aromatic heterocycles. The van der Waals surface area contributed by atoms with E-state index in [0.717, 1.165) is 33.4 Å². The summed E-state index contributed by atoms with van der Waals surface area (Å²) in [7, 11) is -4.86. The number of hydrogen-bond donors (Lipinski definition) is 0. The maximum Gasteiger partial charge on any atom is 0.339 e. The first-order valence-electron chi connectivity index (χ1n) is 18.8. The third-order valence-electron chi connectivity index (χ3n) is 9.17. The van der Waals surface area contributed by atoms with Crippen LogP contribution in [-0.2, 0) is 28.6 Å². The predicted octanol–water partition coefficient (Wildman–Crippen LogP) is 11.4. The first-order chi connectivity index (χ1) is 27.9. The van der Waals surface area contributed by atoms with Gasteiger partial charge in [0.15, 0.2) is 11.5 Å². The van der Waals surface area contributed by atoms with Crippen LogP contribution in [0.4, 0.5) is 0 Å². The van der Waals surface area contributed by atoms with E-state index in [-0.39, 0.29) is 9.79 Å². The highest BCUT2D eigenvalue weighted by Crippen LogP contribution is 2.36. The van der Waals surface area contributed by atoms with Crippen molar-refractivity contribution in [3.63, 3.8) is 0 Å². The Hall–Kier alpha value is -6.10. The summed E-state index contributed by atoms with van der Waals surface area (Å²) < 4.78 is 74.3. The van der Waals surface area contributed by atoms with Crippen molar-refractivity contribution in [2.75, 3.05) is 14.2 Å². The lowest BCUT2D eigenvalue weighted by atomic mass is 9.99. The average Bonchev–Trinajstić information content (AvgIpc) is 3.25. The van der Waals surface area contributed by atoms with E-state index in [1.165, 1.54) is 0 Å². The Bertz CT molecular complexity index is 2380. The van der Waals surface area contributed by atoms with Gasteiger partial charge in [0.1, 0.15) is 21.3 Å². The Balaban J connectivity index is 0.000000221. The summed E-state index contributed by atoms with van der Waals surface area (Å²) in [5, 5.41) is 0. The molecule has 10 heteroatoms. The first kappa shape index (κ1) is 43.0. The first-order valence-corrected chi connectivity index (χ1v) is 21.6. The summed E-state index contributed by atoms with van der Waals surface area (Å²) in [5.41, 5.74) is 6.65. The van der Waals surface area contributed by atoms with Crippen molar-refractivity contribution in [3.05, 3.63) is 191 Å². The molecule has 0 fully saturated rings. The molecular weight excluding hydrogens is 769 g/mol. The van der Waals surface area contributed by atoms with Gasteiger partial charge in [-0.3, -0.25) is 0 Å². The van der Waals surface area contributed by atoms with E-state index in [4.69, 9.17) is 17.8 Å². The molecule has 0 bridgehead atoms. The van der Waals surface area contributed by atoms with E-state index in [1.807, 2.05) is 125 Å². The second-order valence-electron chi connectivity index (χ2n) is 13.2. The molecule has 6 aromatic rings. The summed E-state index contributed by atoms with van der Waals surface area (Å²) in [6, 6.07) is 47.0. The van der Waals surface area contributed by atoms with Gasteiger partial charge in [0.2, 0.25) is 0 Å². The Morgan fingerprint density at radius 2 is 0.759 bits per heavy atom. The van der Waals surface area contributed by atoms with Gasteiger partial charge in [0, 0.05) is 22.3 Å². The monoisotopic (exact) mass is 816 g/mol. The number of ether oxygens (including phenoxy) is 2. The average molecular weight is 817 g/mol. The molecule has 0 aliphatic rings. The Morgan fingerprint density at radius 3 is 1.07 bits per heavy atom. The van der Waals surface area contributed by atoms with Crippen LogP contribution in [0, 0.1) is 13.8 Å². The molecule has 0 unspecified atom stereocenters. The zero-order valence-electron chi connectivity index (χ0n) is 33.5. The Labute approximate surface area is 343 Å². The van der Waals surface area contributed by atoms with E-state index in [9.17, 15) is 16.8 Å². The molecule has 6 rings (SSSR count). The lowest BCUT2D eigenvalue weighted by molar-refractivity contribution is 0.414. The molecule has 6 aromatic carbocycles. The van der Waals surface area contributed by atoms with Crippen molar-refractivity contribution in [2.24, 2.45) is 0 Å². The number of benzene rings is 6. The number of aryl methyl sites for hydroxylation is 2. The van der Waals surface area contributed by atoms with Crippen LogP contribution in [0.2, 0.25) is 0 Å². The molecule has 0 saturated heterocycles. The lowest BCUT2D eigenvalue weighted by Crippen LogP contribution is -2.08. The van der Waals surface area contributed by atoms with Crippen molar-refractivity contribution in [2.45, 2.75) is 50.3 Å². The van der Waals surface area contributed by atoms with Crippen LogP contribution in [0.15, 0.2) is 168 Å². The highest BCUT2D eigenvalue weighted by atomic mass is 32.2. The largest absolute Gasteiger partial charge is 0.497 e. The molecule has 0 spiro atoms. The molecule has 0 atom stereocenters. The molecule has 300 valence electrons. The topological polar surface area (TPSA) is 105 Å². The highest BCUT2D eigenvalue weighted by Gasteiger charge is 2.24. The summed E-state index contributed by atoms with van der Waals surface area (Å²) in [6.07, 6.45) is 1.19. The fourth-order valence-corrected chi connectivity index (χ4v) is 8.03. The molecule has 0 saturated carbocycles. The van der Waals surface area contributed by atoms with Crippen LogP contribution in [0.3, 0.4) is 0 Å². The quantitative estimate of drug-likeness (QED) is 0.0608. The van der Waals surface area contributed by atoms with Gasteiger partial charge in [0.05, 0.1) is 14.2 Å². The standard InChI is InChI=1S/2C24H24O4S/c2*1-4-23(19-9-6-5-7-10-19)24(20-11-8-12-21(17-20)27-3)28-29(25,26)22-15-13-18(2)14-16-22/h2*5-17H,4H2,1-3H3/b2*24-23+. The lowest BCUT2D eigenvalue weighted by Gasteiger charge is -2.17. The third kappa shape index (κ3) is 11.1. The molecule has 0 heterocycles. The minimum atomic E-state index is -4.01. The van der Waals surface area contributed by atoms with Crippen LogP contribution >= 0.6 is 0 Å². The number of hydrogen-bond acceptors (Lipinski definition) is 8. The van der Waals surface area contributed by atoms with Crippen molar-refractivity contribution >= 4 is 42.9 Å². The molecule has 0 radical (unpaired) electrons. The molecule has 0 N–H and O–H groups in total. The van der Waals surface area contributed by atoms with Gasteiger partial charge in [-0.25, -0.2) is 0 Å². The van der Waals surface area contributed by atoms with Crippen LogP contribution in [0.5, 0.6) is 11.5 Å². The molecule has 8 nitrogen and oxygen atoms in total. The Morgan fingerprint density at radius 1 is 0.431 bits per heavy atom. The van der Waals surface area contributed by atoms with Crippen molar-refractivity contribution in [1.29, 1.82) is 0 Å². The molecule has 58 heavy (non-hydrogen) atoms. The molecule has 0 aliphatic heterocycles. The normalized spacial score (nSPS) is 12.2. The molecule has 0 aliphatic carbocycles. The maximum absolute atomic E-state index is 13.0. The van der Waals surface area contributed by atoms with E-state index < -0.39 is 20.2 Å². The van der Waals surface area contributed by atoms with Gasteiger partial charge in [-0.1, -0.05) is 134 Å². The summed E-state index contributed by atoms with van der Waals surface area (Å²) in [5.74, 6) is 1.86. The third-order valence-corrected chi connectivity index (χ3v) is 11.6. The zero-order chi connectivity index (χ0) is 41.7. The number of methoxy groups -OCH3 is 2. The molecular formula is C48H48O8S2. The second-order valence-corrected chi connectivity index (χ2v) is 16.3. The van der Waals surface area contributed by atoms with Crippen LogP contribution < -0.4 is 9.47 Å². The summed E-state index contributed by atoms with van der Waals surface area (Å²) in [6.45, 7) is 7.77. The number of rotatable bonds is 14. The maximum atomic E-state index is 13.0. The van der Waals surface area contributed by atoms with Gasteiger partial charge in [0.25, 0.3) is 0 Å². The minimum absolute atomic E-state index is 0.118. The van der Waals surface area contributed by atoms with Crippen molar-refractivity contribution in [3.8, 4) is 11.5 Å². The van der Waals surface area contributed by atoms with Gasteiger partial charge in [-0.2, -0.15) is 16.8 Å². The fourth-order valence-electron chi connectivity index (χ4n) is 6.07. The second kappa shape index (κ2) is 19.9. The zero-order valence-corrected chi connectivity index (χ0v) is 35.1. The SMILES string of the molecule is CC/C(=C(\OS(=O)(=O)c1ccc(C)cc1)c1cccc(OC)c1)c1ccccc1.CC/C(=C(\OS(=O)(=O)c1ccc(C)cc1)c1cccc(OC)c1)c1ccccc1. The summed E-state index contributed by atoms with van der Waals surface area (Å²) in [4.78, 5) is 0.235. The van der Waals surface area contributed by atoms with Crippen molar-refractivity contribution < 1.29 is 34.7 Å². The summed E-state index contributed by atoms with van der Waals surface area (Å²) >= 11 is 0. The van der Waals surface area contributed by atoms with Crippen molar-refractivity contribution in [1.82, 2.24) is 0 Å².